The van der Waals surface area contributed by atoms with Crippen molar-refractivity contribution in [1.82, 2.24) is 4.90 Å². The number of aliphatic hydroxyl groups is 1. The molecule has 1 amide bonds. The van der Waals surface area contributed by atoms with Gasteiger partial charge in [-0.15, -0.1) is 5.92 Å². The fraction of sp³-hybridized carbons (Fsp3) is 0.727. The molecule has 28 heavy (non-hydrogen) atoms. The smallest absolute Gasteiger partial charge is 0.411 e. The molecule has 1 aliphatic heterocycles. The van der Waals surface area contributed by atoms with Gasteiger partial charge < -0.3 is 14.9 Å². The van der Waals surface area contributed by atoms with Gasteiger partial charge >= 0.3 is 12.1 Å². The predicted molar refractivity (Wildman–Crippen MR) is 107 cm³/mol. The molecule has 0 spiro atoms. The molecule has 2 rings (SSSR count). The van der Waals surface area contributed by atoms with Crippen LogP contribution in [-0.4, -0.2) is 52.5 Å². The van der Waals surface area contributed by atoms with Crippen molar-refractivity contribution in [2.45, 2.75) is 76.9 Å². The highest BCUT2D eigenvalue weighted by Gasteiger charge is 2.27. The molecular formula is C22H33NO5. The van der Waals surface area contributed by atoms with Crippen molar-refractivity contribution in [3.63, 3.8) is 0 Å². The molecule has 0 aromatic carbocycles. The molecule has 156 valence electrons. The van der Waals surface area contributed by atoms with E-state index in [0.29, 0.717) is 31.8 Å². The van der Waals surface area contributed by atoms with Crippen LogP contribution in [0.1, 0.15) is 64.7 Å². The van der Waals surface area contributed by atoms with E-state index in [0.717, 1.165) is 12.3 Å². The molecule has 2 aliphatic rings. The molecule has 2 fully saturated rings. The number of hydrogen-bond acceptors (Lipinski definition) is 4. The summed E-state index contributed by atoms with van der Waals surface area (Å²) in [7, 11) is 0. The van der Waals surface area contributed by atoms with E-state index >= 15 is 0 Å². The van der Waals surface area contributed by atoms with E-state index in [2.05, 4.69) is 18.8 Å². The molecule has 1 saturated carbocycles. The first-order chi connectivity index (χ1) is 13.5. The van der Waals surface area contributed by atoms with Crippen molar-refractivity contribution in [3.05, 3.63) is 12.2 Å². The number of carbonyl (C=O) groups excluding carboxylic acids is 1. The first-order valence-electron chi connectivity index (χ1n) is 10.4. The molecule has 0 radical (unpaired) electrons. The Kier molecular flexibility index (Phi) is 9.36. The molecule has 2 N–H and O–H groups in total. The first kappa shape index (κ1) is 22.3. The summed E-state index contributed by atoms with van der Waals surface area (Å²) < 4.78 is 5.12. The number of carboxylic acid groups (broad SMARTS) is 1. The van der Waals surface area contributed by atoms with Crippen molar-refractivity contribution in [2.24, 2.45) is 11.8 Å². The molecular weight excluding hydrogens is 358 g/mol. The van der Waals surface area contributed by atoms with Crippen molar-refractivity contribution < 1.29 is 24.5 Å². The summed E-state index contributed by atoms with van der Waals surface area (Å²) in [4.78, 5) is 24.1. The van der Waals surface area contributed by atoms with Gasteiger partial charge in [-0.3, -0.25) is 9.69 Å². The number of nitrogens with zero attached hydrogens (tertiary/aromatic N) is 1. The molecule has 3 unspecified atom stereocenters. The number of amides is 1. The Morgan fingerprint density at radius 3 is 2.93 bits per heavy atom. The van der Waals surface area contributed by atoms with E-state index in [1.807, 2.05) is 12.2 Å². The van der Waals surface area contributed by atoms with Crippen LogP contribution in [0.2, 0.25) is 0 Å². The largest absolute Gasteiger partial charge is 0.481 e. The number of aliphatic carboxylic acids is 1. The fourth-order valence-electron chi connectivity index (χ4n) is 4.03. The highest BCUT2D eigenvalue weighted by molar-refractivity contribution is 5.69. The number of cyclic esters (lactones) is 1. The number of carbonyl (C=O) groups is 2. The standard InChI is InChI=1S/C22H33NO5/c1-17-7-6-8-18(15-17)16-20(24)11-10-19-12-14-28-22(27)23(19)13-5-3-2-4-9-21(25)26/h10-11,17-20,24H,2,4,6-9,12-16H2,1H3,(H,25,26)/b11-10+/t17?,18?,19-,20?/m0/s1. The molecule has 1 aliphatic carbocycles. The van der Waals surface area contributed by atoms with E-state index < -0.39 is 18.2 Å². The summed E-state index contributed by atoms with van der Waals surface area (Å²) in [6.07, 6.45) is 10.3. The number of ether oxygens (including phenoxy) is 1. The van der Waals surface area contributed by atoms with Gasteiger partial charge in [0.2, 0.25) is 0 Å². The highest BCUT2D eigenvalue weighted by atomic mass is 16.6. The topological polar surface area (TPSA) is 87.1 Å². The lowest BCUT2D eigenvalue weighted by atomic mass is 9.80. The third-order valence-corrected chi connectivity index (χ3v) is 5.52. The second kappa shape index (κ2) is 11.8. The van der Waals surface area contributed by atoms with Crippen molar-refractivity contribution in [3.8, 4) is 11.8 Å². The zero-order valence-electron chi connectivity index (χ0n) is 16.8. The summed E-state index contributed by atoms with van der Waals surface area (Å²) in [6.45, 7) is 2.90. The monoisotopic (exact) mass is 391 g/mol. The summed E-state index contributed by atoms with van der Waals surface area (Å²) >= 11 is 0. The van der Waals surface area contributed by atoms with E-state index in [9.17, 15) is 14.7 Å². The number of rotatable bonds is 8. The number of unbranched alkanes of at least 4 members (excludes halogenated alkanes) is 1. The molecule has 0 aromatic rings. The van der Waals surface area contributed by atoms with Crippen LogP contribution >= 0.6 is 0 Å². The van der Waals surface area contributed by atoms with Gasteiger partial charge in [0.1, 0.15) is 0 Å². The Bertz CT molecular complexity index is 606. The lowest BCUT2D eigenvalue weighted by Crippen LogP contribution is -2.44. The van der Waals surface area contributed by atoms with E-state index in [4.69, 9.17) is 9.84 Å². The molecule has 0 bridgehead atoms. The molecule has 6 nitrogen and oxygen atoms in total. The second-order valence-corrected chi connectivity index (χ2v) is 8.02. The Hall–Kier alpha value is -2.00. The third kappa shape index (κ3) is 7.93. The van der Waals surface area contributed by atoms with Gasteiger partial charge in [-0.05, 0) is 31.1 Å². The average Bonchev–Trinajstić information content (AvgIpc) is 2.64. The zero-order chi connectivity index (χ0) is 20.4. The maximum absolute atomic E-state index is 12.1. The van der Waals surface area contributed by atoms with Gasteiger partial charge in [0.05, 0.1) is 25.3 Å². The predicted octanol–water partition coefficient (Wildman–Crippen LogP) is 3.59. The lowest BCUT2D eigenvalue weighted by molar-refractivity contribution is -0.137. The zero-order valence-corrected chi connectivity index (χ0v) is 16.8. The summed E-state index contributed by atoms with van der Waals surface area (Å²) in [5.74, 6) is 6.34. The van der Waals surface area contributed by atoms with Crippen LogP contribution in [0.4, 0.5) is 4.79 Å². The third-order valence-electron chi connectivity index (χ3n) is 5.52. The van der Waals surface area contributed by atoms with Crippen molar-refractivity contribution >= 4 is 12.1 Å². The quantitative estimate of drug-likeness (QED) is 0.375. The van der Waals surface area contributed by atoms with E-state index in [1.165, 1.54) is 25.7 Å². The van der Waals surface area contributed by atoms with Crippen LogP contribution < -0.4 is 0 Å². The Balaban J connectivity index is 1.83. The normalized spacial score (nSPS) is 26.4. The Morgan fingerprint density at radius 2 is 2.18 bits per heavy atom. The summed E-state index contributed by atoms with van der Waals surface area (Å²) in [5.41, 5.74) is 0. The SMILES string of the molecule is CC1CCCC(CC(O)/C=C/[C@H]2CCOC(=O)N2CC#CCCCC(=O)O)C1. The van der Waals surface area contributed by atoms with Gasteiger partial charge in [-0.1, -0.05) is 44.3 Å². The minimum Gasteiger partial charge on any atom is -0.481 e. The minimum atomic E-state index is -0.826. The average molecular weight is 392 g/mol. The Morgan fingerprint density at radius 1 is 1.36 bits per heavy atom. The maximum Gasteiger partial charge on any atom is 0.411 e. The number of hydrogen-bond donors (Lipinski definition) is 2. The number of carboxylic acids is 1. The van der Waals surface area contributed by atoms with Crippen LogP contribution in [0.15, 0.2) is 12.2 Å². The first-order valence-corrected chi connectivity index (χ1v) is 10.4. The van der Waals surface area contributed by atoms with E-state index in [1.54, 1.807) is 4.90 Å². The van der Waals surface area contributed by atoms with Gasteiger partial charge in [-0.25, -0.2) is 4.79 Å². The van der Waals surface area contributed by atoms with Crippen LogP contribution in [0.3, 0.4) is 0 Å². The van der Waals surface area contributed by atoms with Crippen LogP contribution in [-0.2, 0) is 9.53 Å². The van der Waals surface area contributed by atoms with Crippen LogP contribution in [0, 0.1) is 23.7 Å². The molecule has 6 heteroatoms. The van der Waals surface area contributed by atoms with Crippen molar-refractivity contribution in [1.29, 1.82) is 0 Å². The van der Waals surface area contributed by atoms with Crippen LogP contribution in [0.5, 0.6) is 0 Å². The van der Waals surface area contributed by atoms with Crippen LogP contribution in [0.25, 0.3) is 0 Å². The summed E-state index contributed by atoms with van der Waals surface area (Å²) in [6, 6.07) is -0.130. The highest BCUT2D eigenvalue weighted by Crippen LogP contribution is 2.31. The van der Waals surface area contributed by atoms with Gasteiger partial charge in [0, 0.05) is 19.3 Å². The molecule has 4 atom stereocenters. The molecule has 1 heterocycles. The lowest BCUT2D eigenvalue weighted by Gasteiger charge is -2.32. The minimum absolute atomic E-state index is 0.101. The number of aliphatic hydroxyl groups excluding tert-OH is 1. The van der Waals surface area contributed by atoms with Gasteiger partial charge in [0.15, 0.2) is 0 Å². The second-order valence-electron chi connectivity index (χ2n) is 8.02. The fourth-order valence-corrected chi connectivity index (χ4v) is 4.03. The summed E-state index contributed by atoms with van der Waals surface area (Å²) in [5, 5.41) is 19.0. The molecule has 0 aromatic heterocycles. The van der Waals surface area contributed by atoms with Gasteiger partial charge in [-0.2, -0.15) is 0 Å². The van der Waals surface area contributed by atoms with Crippen molar-refractivity contribution in [2.75, 3.05) is 13.2 Å². The molecule has 1 saturated heterocycles. The van der Waals surface area contributed by atoms with E-state index in [-0.39, 0.29) is 19.0 Å². The Labute approximate surface area is 167 Å². The maximum atomic E-state index is 12.1. The van der Waals surface area contributed by atoms with Gasteiger partial charge in [0.25, 0.3) is 0 Å².